The van der Waals surface area contributed by atoms with E-state index in [4.69, 9.17) is 5.11 Å². The van der Waals surface area contributed by atoms with Crippen LogP contribution >= 0.6 is 0 Å². The normalized spacial score (nSPS) is 9.20. The maximum Gasteiger partial charge on any atom is 0.307 e. The van der Waals surface area contributed by atoms with Gasteiger partial charge in [-0.05, 0) is 5.56 Å². The highest BCUT2D eigenvalue weighted by atomic mass is 16.5. The van der Waals surface area contributed by atoms with Crippen LogP contribution in [0.25, 0.3) is 0 Å². The predicted octanol–water partition coefficient (Wildman–Crippen LogP) is 1.31. The quantitative estimate of drug-likeness (QED) is 0.624. The Balaban J connectivity index is 2.67. The van der Waals surface area contributed by atoms with Gasteiger partial charge in [-0.3, -0.25) is 4.79 Å². The first kappa shape index (κ1) is 6.81. The van der Waals surface area contributed by atoms with Crippen molar-refractivity contribution >= 4 is 5.97 Å². The summed E-state index contributed by atoms with van der Waals surface area (Å²) in [5.41, 5.74) is 0.843. The summed E-state index contributed by atoms with van der Waals surface area (Å²) in [5.74, 6) is -0.786. The fraction of sp³-hybridized carbons (Fsp3) is 0.125. The summed E-state index contributed by atoms with van der Waals surface area (Å²) in [6.45, 7) is 0. The molecule has 0 unspecified atom stereocenters. The first-order valence-corrected chi connectivity index (χ1v) is 3.05. The summed E-state index contributed by atoms with van der Waals surface area (Å²) in [6, 6.07) is 9.13. The van der Waals surface area contributed by atoms with E-state index in [2.05, 4.69) is 0 Å². The fourth-order valence-corrected chi connectivity index (χ4v) is 0.770. The molecule has 1 aromatic rings. The Bertz CT molecular complexity index is 216. The molecule has 0 saturated heterocycles. The monoisotopic (exact) mass is 137 g/mol. The standard InChI is InChI=1S/C8H8O2/c9-8(10)6-7-4-2-1-3-5-7/h1-5H,6H2,(H,9,10)/i8+1. The second-order valence-electron chi connectivity index (χ2n) is 2.06. The van der Waals surface area contributed by atoms with E-state index in [-0.39, 0.29) is 6.42 Å². The third-order valence-electron chi connectivity index (χ3n) is 1.20. The molecule has 10 heavy (non-hydrogen) atoms. The van der Waals surface area contributed by atoms with Crippen molar-refractivity contribution in [3.63, 3.8) is 0 Å². The van der Waals surface area contributed by atoms with E-state index in [0.29, 0.717) is 0 Å². The molecular weight excluding hydrogens is 129 g/mol. The third-order valence-corrected chi connectivity index (χ3v) is 1.20. The van der Waals surface area contributed by atoms with Crippen LogP contribution in [-0.4, -0.2) is 11.1 Å². The van der Waals surface area contributed by atoms with E-state index in [0.717, 1.165) is 5.56 Å². The summed E-state index contributed by atoms with van der Waals surface area (Å²) >= 11 is 0. The van der Waals surface area contributed by atoms with Gasteiger partial charge in [-0.15, -0.1) is 0 Å². The van der Waals surface area contributed by atoms with Crippen LogP contribution < -0.4 is 0 Å². The molecule has 0 aliphatic heterocycles. The van der Waals surface area contributed by atoms with Gasteiger partial charge >= 0.3 is 5.97 Å². The molecule has 0 amide bonds. The zero-order valence-corrected chi connectivity index (χ0v) is 5.45. The highest BCUT2D eigenvalue weighted by Crippen LogP contribution is 1.98. The van der Waals surface area contributed by atoms with E-state index >= 15 is 0 Å². The topological polar surface area (TPSA) is 37.3 Å². The lowest BCUT2D eigenvalue weighted by atomic mass is 10.2. The molecule has 0 radical (unpaired) electrons. The van der Waals surface area contributed by atoms with Crippen molar-refractivity contribution in [3.8, 4) is 0 Å². The molecule has 1 N–H and O–H groups in total. The van der Waals surface area contributed by atoms with Gasteiger partial charge in [0.05, 0.1) is 6.42 Å². The van der Waals surface area contributed by atoms with Crippen LogP contribution in [0.1, 0.15) is 5.56 Å². The van der Waals surface area contributed by atoms with Gasteiger partial charge < -0.3 is 5.11 Å². The average molecular weight is 137 g/mol. The Kier molecular flexibility index (Phi) is 2.05. The van der Waals surface area contributed by atoms with E-state index in [1.165, 1.54) is 0 Å². The van der Waals surface area contributed by atoms with Crippen LogP contribution in [0.3, 0.4) is 0 Å². The summed E-state index contributed by atoms with van der Waals surface area (Å²) < 4.78 is 0. The van der Waals surface area contributed by atoms with E-state index in [1.54, 1.807) is 12.1 Å². The van der Waals surface area contributed by atoms with Gasteiger partial charge in [0, 0.05) is 0 Å². The van der Waals surface area contributed by atoms with Gasteiger partial charge in [0.25, 0.3) is 0 Å². The molecule has 2 nitrogen and oxygen atoms in total. The maximum atomic E-state index is 10.2. The van der Waals surface area contributed by atoms with Gasteiger partial charge in [-0.2, -0.15) is 0 Å². The molecule has 0 aromatic heterocycles. The number of carboxylic acids is 1. The molecule has 52 valence electrons. The molecule has 1 aromatic carbocycles. The van der Waals surface area contributed by atoms with Gasteiger partial charge in [-0.1, -0.05) is 30.3 Å². The SMILES string of the molecule is O=[13C](O)Cc1ccccc1. The number of aliphatic carboxylic acids is 1. The highest BCUT2D eigenvalue weighted by Gasteiger charge is 1.96. The molecule has 0 aliphatic rings. The number of hydrogen-bond donors (Lipinski definition) is 1. The van der Waals surface area contributed by atoms with Crippen LogP contribution in [0.15, 0.2) is 30.3 Å². The Morgan fingerprint density at radius 3 is 2.40 bits per heavy atom. The van der Waals surface area contributed by atoms with Gasteiger partial charge in [0.15, 0.2) is 0 Å². The molecule has 0 heterocycles. The minimum absolute atomic E-state index is 0.112. The summed E-state index contributed by atoms with van der Waals surface area (Å²) in [6.07, 6.45) is 0.112. The van der Waals surface area contributed by atoms with Crippen molar-refractivity contribution in [1.82, 2.24) is 0 Å². The lowest BCUT2D eigenvalue weighted by Gasteiger charge is -1.92. The van der Waals surface area contributed by atoms with Gasteiger partial charge in [0.2, 0.25) is 0 Å². The van der Waals surface area contributed by atoms with Crippen molar-refractivity contribution < 1.29 is 9.90 Å². The van der Waals surface area contributed by atoms with Crippen molar-refractivity contribution in [2.24, 2.45) is 0 Å². The van der Waals surface area contributed by atoms with E-state index in [9.17, 15) is 4.79 Å². The van der Waals surface area contributed by atoms with Crippen LogP contribution in [0.2, 0.25) is 0 Å². The van der Waals surface area contributed by atoms with E-state index in [1.807, 2.05) is 18.2 Å². The lowest BCUT2D eigenvalue weighted by Crippen LogP contribution is -1.98. The number of carboxylic acid groups (broad SMARTS) is 1. The van der Waals surface area contributed by atoms with Crippen LogP contribution in [0.5, 0.6) is 0 Å². The van der Waals surface area contributed by atoms with Crippen LogP contribution in [0.4, 0.5) is 0 Å². The molecule has 1 rings (SSSR count). The summed E-state index contributed by atoms with van der Waals surface area (Å²) in [5, 5.41) is 8.37. The lowest BCUT2D eigenvalue weighted by molar-refractivity contribution is -0.136. The number of carbonyl (C=O) groups is 1. The maximum absolute atomic E-state index is 10.2. The first-order valence-electron chi connectivity index (χ1n) is 3.05. The smallest absolute Gasteiger partial charge is 0.307 e. The average Bonchev–Trinajstić information content (AvgIpc) is 1.88. The summed E-state index contributed by atoms with van der Waals surface area (Å²) in [7, 11) is 0. The Morgan fingerprint density at radius 2 is 1.90 bits per heavy atom. The van der Waals surface area contributed by atoms with E-state index < -0.39 is 5.97 Å². The number of hydrogen-bond acceptors (Lipinski definition) is 1. The summed E-state index contributed by atoms with van der Waals surface area (Å²) in [4.78, 5) is 10.2. The largest absolute Gasteiger partial charge is 0.481 e. The zero-order valence-electron chi connectivity index (χ0n) is 5.45. The third kappa shape index (κ3) is 1.90. The van der Waals surface area contributed by atoms with Crippen molar-refractivity contribution in [2.45, 2.75) is 6.42 Å². The molecule has 0 saturated carbocycles. The second-order valence-corrected chi connectivity index (χ2v) is 2.06. The molecule has 0 aliphatic carbocycles. The van der Waals surface area contributed by atoms with Gasteiger partial charge in [-0.25, -0.2) is 0 Å². The first-order chi connectivity index (χ1) is 4.79. The molecule has 0 fully saturated rings. The Morgan fingerprint density at radius 1 is 1.30 bits per heavy atom. The molecule has 2 heteroatoms. The molecule has 0 bridgehead atoms. The predicted molar refractivity (Wildman–Crippen MR) is 37.8 cm³/mol. The Labute approximate surface area is 59.1 Å². The van der Waals surface area contributed by atoms with Crippen molar-refractivity contribution in [3.05, 3.63) is 35.9 Å². The highest BCUT2D eigenvalue weighted by molar-refractivity contribution is 5.70. The van der Waals surface area contributed by atoms with Crippen LogP contribution in [0, 0.1) is 0 Å². The second kappa shape index (κ2) is 3.01. The molecule has 0 spiro atoms. The fourth-order valence-electron chi connectivity index (χ4n) is 0.770. The minimum Gasteiger partial charge on any atom is -0.481 e. The van der Waals surface area contributed by atoms with Crippen molar-refractivity contribution in [1.29, 1.82) is 0 Å². The number of benzene rings is 1. The minimum atomic E-state index is -0.786. The Hall–Kier alpha value is -1.31. The van der Waals surface area contributed by atoms with Crippen molar-refractivity contribution in [2.75, 3.05) is 0 Å². The van der Waals surface area contributed by atoms with Gasteiger partial charge in [0.1, 0.15) is 0 Å². The zero-order chi connectivity index (χ0) is 7.40. The van der Waals surface area contributed by atoms with Crippen LogP contribution in [-0.2, 0) is 11.2 Å². The molecule has 0 atom stereocenters. The number of rotatable bonds is 2. The molecular formula is C8H8O2.